The Kier molecular flexibility index (Phi) is 6.65. The Bertz CT molecular complexity index is 1050. The van der Waals surface area contributed by atoms with E-state index < -0.39 is 64.6 Å². The molecule has 0 saturated heterocycles. The summed E-state index contributed by atoms with van der Waals surface area (Å²) in [6.07, 6.45) is -2.06. The maximum atomic E-state index is 14.6. The van der Waals surface area contributed by atoms with Crippen LogP contribution in [0.2, 0.25) is 0 Å². The molecular weight excluding hydrogens is 442 g/mol. The zero-order chi connectivity index (χ0) is 23.7. The van der Waals surface area contributed by atoms with Crippen molar-refractivity contribution in [2.75, 3.05) is 6.61 Å². The molecular formula is C21H18F6N2O3. The lowest BCUT2D eigenvalue weighted by Crippen LogP contribution is -2.49. The second kappa shape index (κ2) is 9.09. The van der Waals surface area contributed by atoms with E-state index in [1.54, 1.807) is 13.8 Å². The molecule has 1 heterocycles. The van der Waals surface area contributed by atoms with Crippen molar-refractivity contribution in [2.45, 2.75) is 33.0 Å². The quantitative estimate of drug-likeness (QED) is 0.269. The SMILES string of the molecule is CCOC(=O)[C@H](C(C)C)N1C(c2ccccc2F)=NO[C@@H]1c1c(F)c(F)c(F)c(F)c1F. The van der Waals surface area contributed by atoms with Gasteiger partial charge in [0.1, 0.15) is 11.9 Å². The zero-order valence-electron chi connectivity index (χ0n) is 17.1. The molecule has 2 aromatic carbocycles. The van der Waals surface area contributed by atoms with E-state index >= 15 is 0 Å². The van der Waals surface area contributed by atoms with Gasteiger partial charge in [0.05, 0.1) is 17.7 Å². The first-order valence-corrected chi connectivity index (χ1v) is 9.56. The zero-order valence-corrected chi connectivity index (χ0v) is 17.1. The van der Waals surface area contributed by atoms with Crippen LogP contribution in [0.1, 0.15) is 38.1 Å². The van der Waals surface area contributed by atoms with E-state index in [1.165, 1.54) is 25.1 Å². The molecule has 0 bridgehead atoms. The second-order valence-electron chi connectivity index (χ2n) is 7.18. The highest BCUT2D eigenvalue weighted by Gasteiger charge is 2.47. The van der Waals surface area contributed by atoms with Crippen molar-refractivity contribution in [3.63, 3.8) is 0 Å². The molecule has 3 rings (SSSR count). The number of halogens is 6. The lowest BCUT2D eigenvalue weighted by Gasteiger charge is -2.34. The Morgan fingerprint density at radius 1 is 1.03 bits per heavy atom. The fourth-order valence-electron chi connectivity index (χ4n) is 3.38. The number of amidine groups is 1. The normalized spacial score (nSPS) is 16.8. The second-order valence-corrected chi connectivity index (χ2v) is 7.18. The van der Waals surface area contributed by atoms with Crippen LogP contribution in [0.15, 0.2) is 29.4 Å². The smallest absolute Gasteiger partial charge is 0.329 e. The molecule has 2 atom stereocenters. The summed E-state index contributed by atoms with van der Waals surface area (Å²) in [7, 11) is 0. The predicted molar refractivity (Wildman–Crippen MR) is 100 cm³/mol. The minimum Gasteiger partial charge on any atom is -0.464 e. The lowest BCUT2D eigenvalue weighted by molar-refractivity contribution is -0.153. The Morgan fingerprint density at radius 3 is 2.12 bits per heavy atom. The molecule has 0 N–H and O–H groups in total. The summed E-state index contributed by atoms with van der Waals surface area (Å²) in [5, 5.41) is 3.64. The minimum atomic E-state index is -2.35. The van der Waals surface area contributed by atoms with Crippen molar-refractivity contribution in [3.05, 3.63) is 70.3 Å². The number of nitrogens with zero attached hydrogens (tertiary/aromatic N) is 2. The van der Waals surface area contributed by atoms with Gasteiger partial charge in [-0.1, -0.05) is 31.1 Å². The number of carbonyl (C=O) groups is 1. The number of oxime groups is 1. The van der Waals surface area contributed by atoms with Gasteiger partial charge >= 0.3 is 5.97 Å². The average Bonchev–Trinajstić information content (AvgIpc) is 3.15. The van der Waals surface area contributed by atoms with E-state index in [4.69, 9.17) is 9.57 Å². The van der Waals surface area contributed by atoms with Crippen molar-refractivity contribution in [3.8, 4) is 0 Å². The molecule has 1 aliphatic rings. The van der Waals surface area contributed by atoms with E-state index in [2.05, 4.69) is 5.16 Å². The molecule has 0 amide bonds. The monoisotopic (exact) mass is 460 g/mol. The van der Waals surface area contributed by atoms with Gasteiger partial charge in [0.25, 0.3) is 0 Å². The first-order valence-electron chi connectivity index (χ1n) is 9.56. The van der Waals surface area contributed by atoms with Crippen molar-refractivity contribution in [1.82, 2.24) is 4.90 Å². The standard InChI is InChI=1S/C21H18F6N2O3/c1-4-31-21(30)18(9(2)3)29-19(10-7-5-6-8-11(10)22)28-32-20(29)12-13(23)15(25)17(27)16(26)14(12)24/h5-9,18,20H,4H2,1-3H3/t18-,20+/m0/s1. The van der Waals surface area contributed by atoms with Gasteiger partial charge in [-0.3, -0.25) is 4.90 Å². The van der Waals surface area contributed by atoms with Crippen molar-refractivity contribution in [1.29, 1.82) is 0 Å². The number of esters is 1. The Hall–Kier alpha value is -3.24. The molecule has 1 aliphatic heterocycles. The maximum Gasteiger partial charge on any atom is 0.329 e. The molecule has 11 heteroatoms. The molecule has 0 aromatic heterocycles. The number of benzene rings is 2. The molecule has 32 heavy (non-hydrogen) atoms. The Morgan fingerprint density at radius 2 is 1.59 bits per heavy atom. The van der Waals surface area contributed by atoms with Gasteiger partial charge in [-0.25, -0.2) is 31.1 Å². The molecule has 0 radical (unpaired) electrons. The van der Waals surface area contributed by atoms with Crippen LogP contribution in [-0.4, -0.2) is 29.4 Å². The predicted octanol–water partition coefficient (Wildman–Crippen LogP) is 4.80. The van der Waals surface area contributed by atoms with E-state index in [1.807, 2.05) is 0 Å². The average molecular weight is 460 g/mol. The van der Waals surface area contributed by atoms with Gasteiger partial charge in [-0.05, 0) is 25.0 Å². The minimum absolute atomic E-state index is 0.0594. The van der Waals surface area contributed by atoms with Gasteiger partial charge in [0.2, 0.25) is 12.0 Å². The van der Waals surface area contributed by atoms with Crippen molar-refractivity contribution >= 4 is 11.8 Å². The highest BCUT2D eigenvalue weighted by atomic mass is 19.2. The summed E-state index contributed by atoms with van der Waals surface area (Å²) in [6.45, 7) is 4.56. The molecule has 0 fully saturated rings. The molecule has 2 aromatic rings. The lowest BCUT2D eigenvalue weighted by atomic mass is 9.98. The number of hydrogen-bond acceptors (Lipinski definition) is 5. The van der Waals surface area contributed by atoms with E-state index in [9.17, 15) is 31.1 Å². The summed E-state index contributed by atoms with van der Waals surface area (Å²) in [4.78, 5) is 18.6. The third-order valence-electron chi connectivity index (χ3n) is 4.80. The summed E-state index contributed by atoms with van der Waals surface area (Å²) >= 11 is 0. The van der Waals surface area contributed by atoms with Crippen LogP contribution in [-0.2, 0) is 14.4 Å². The highest BCUT2D eigenvalue weighted by Crippen LogP contribution is 2.39. The molecule has 0 saturated carbocycles. The number of hydrogen-bond donors (Lipinski definition) is 0. The van der Waals surface area contributed by atoms with Gasteiger partial charge in [0, 0.05) is 0 Å². The van der Waals surface area contributed by atoms with Crippen molar-refractivity contribution < 1.29 is 40.7 Å². The van der Waals surface area contributed by atoms with E-state index in [-0.39, 0.29) is 18.0 Å². The van der Waals surface area contributed by atoms with Gasteiger partial charge < -0.3 is 9.57 Å². The highest BCUT2D eigenvalue weighted by molar-refractivity contribution is 6.01. The number of ether oxygens (including phenoxy) is 1. The first-order chi connectivity index (χ1) is 15.1. The fourth-order valence-corrected chi connectivity index (χ4v) is 3.38. The molecule has 0 aliphatic carbocycles. The maximum absolute atomic E-state index is 14.6. The topological polar surface area (TPSA) is 51.1 Å². The Balaban J connectivity index is 2.24. The third kappa shape index (κ3) is 3.87. The van der Waals surface area contributed by atoms with Crippen LogP contribution >= 0.6 is 0 Å². The van der Waals surface area contributed by atoms with Gasteiger partial charge in [-0.2, -0.15) is 0 Å². The molecule has 0 spiro atoms. The van der Waals surface area contributed by atoms with Crippen LogP contribution in [0.5, 0.6) is 0 Å². The Labute approximate surface area is 179 Å². The van der Waals surface area contributed by atoms with Crippen LogP contribution in [0.3, 0.4) is 0 Å². The van der Waals surface area contributed by atoms with Gasteiger partial charge in [-0.15, -0.1) is 0 Å². The van der Waals surface area contributed by atoms with Crippen LogP contribution in [0, 0.1) is 40.8 Å². The van der Waals surface area contributed by atoms with Crippen LogP contribution in [0.25, 0.3) is 0 Å². The fraction of sp³-hybridized carbons (Fsp3) is 0.333. The molecule has 172 valence electrons. The van der Waals surface area contributed by atoms with E-state index in [0.717, 1.165) is 11.0 Å². The van der Waals surface area contributed by atoms with Gasteiger partial charge in [0.15, 0.2) is 29.1 Å². The number of rotatable bonds is 6. The van der Waals surface area contributed by atoms with Crippen LogP contribution < -0.4 is 0 Å². The molecule has 5 nitrogen and oxygen atoms in total. The largest absolute Gasteiger partial charge is 0.464 e. The molecule has 0 unspecified atom stereocenters. The van der Waals surface area contributed by atoms with Crippen molar-refractivity contribution in [2.24, 2.45) is 11.1 Å². The summed E-state index contributed by atoms with van der Waals surface area (Å²) in [5.74, 6) is -13.8. The number of carbonyl (C=O) groups excluding carboxylic acids is 1. The summed E-state index contributed by atoms with van der Waals surface area (Å²) in [6, 6.07) is 3.76. The summed E-state index contributed by atoms with van der Waals surface area (Å²) < 4.78 is 90.0. The van der Waals surface area contributed by atoms with Crippen LogP contribution in [0.4, 0.5) is 26.3 Å². The first kappa shape index (κ1) is 23.4. The summed E-state index contributed by atoms with van der Waals surface area (Å²) in [5.41, 5.74) is -1.58. The third-order valence-corrected chi connectivity index (χ3v) is 4.80. The van der Waals surface area contributed by atoms with E-state index in [0.29, 0.717) is 0 Å².